The Kier molecular flexibility index (Phi) is 4.50. The first kappa shape index (κ1) is 14.4. The second-order valence-electron chi connectivity index (χ2n) is 5.33. The molecule has 106 valence electrons. The molecule has 0 fully saturated rings. The van der Waals surface area contributed by atoms with Crippen LogP contribution in [0.3, 0.4) is 0 Å². The van der Waals surface area contributed by atoms with Crippen LogP contribution in [0.15, 0.2) is 12.1 Å². The van der Waals surface area contributed by atoms with E-state index < -0.39 is 11.6 Å². The van der Waals surface area contributed by atoms with Crippen LogP contribution in [0.25, 0.3) is 0 Å². The van der Waals surface area contributed by atoms with Crippen LogP contribution in [0.2, 0.25) is 0 Å². The highest BCUT2D eigenvalue weighted by Crippen LogP contribution is 2.35. The van der Waals surface area contributed by atoms with Gasteiger partial charge in [0.05, 0.1) is 0 Å². The summed E-state index contributed by atoms with van der Waals surface area (Å²) in [4.78, 5) is 4.25. The van der Waals surface area contributed by atoms with Crippen molar-refractivity contribution in [2.24, 2.45) is 5.73 Å². The van der Waals surface area contributed by atoms with E-state index >= 15 is 0 Å². The van der Waals surface area contributed by atoms with Gasteiger partial charge >= 0.3 is 0 Å². The molecule has 0 spiro atoms. The molecule has 5 heteroatoms. The van der Waals surface area contributed by atoms with Crippen LogP contribution in [-0.2, 0) is 6.54 Å². The summed E-state index contributed by atoms with van der Waals surface area (Å²) in [5.74, 6) is -0.978. The fourth-order valence-electron chi connectivity index (χ4n) is 2.70. The summed E-state index contributed by atoms with van der Waals surface area (Å²) in [6, 6.07) is 2.31. The van der Waals surface area contributed by atoms with Gasteiger partial charge in [0.25, 0.3) is 0 Å². The summed E-state index contributed by atoms with van der Waals surface area (Å²) in [7, 11) is 4.04. The number of hydrogen-bond acceptors (Lipinski definition) is 3. The lowest BCUT2D eigenvalue weighted by atomic mass is 10.0. The number of fused-ring (bicyclic) bond motifs is 1. The maximum absolute atomic E-state index is 13.8. The second kappa shape index (κ2) is 5.94. The molecule has 1 aromatic carbocycles. The summed E-state index contributed by atoms with van der Waals surface area (Å²) in [6.45, 7) is 2.73. The fraction of sp³-hybridized carbons (Fsp3) is 0.571. The lowest BCUT2D eigenvalue weighted by Crippen LogP contribution is -2.30. The Balaban J connectivity index is 2.12. The Bertz CT molecular complexity index is 449. The van der Waals surface area contributed by atoms with Gasteiger partial charge in [-0.05, 0) is 38.7 Å². The molecular weight excluding hydrogens is 248 g/mol. The first-order chi connectivity index (χ1) is 9.02. The van der Waals surface area contributed by atoms with Crippen molar-refractivity contribution in [3.8, 4) is 0 Å². The Morgan fingerprint density at radius 3 is 2.74 bits per heavy atom. The van der Waals surface area contributed by atoms with Gasteiger partial charge in [-0.15, -0.1) is 0 Å². The summed E-state index contributed by atoms with van der Waals surface area (Å²) >= 11 is 0. The van der Waals surface area contributed by atoms with Crippen LogP contribution < -0.4 is 5.73 Å². The van der Waals surface area contributed by atoms with Crippen LogP contribution in [0.4, 0.5) is 8.78 Å². The maximum Gasteiger partial charge on any atom is 0.130 e. The van der Waals surface area contributed by atoms with Crippen LogP contribution in [0, 0.1) is 11.6 Å². The third-order valence-corrected chi connectivity index (χ3v) is 3.63. The highest BCUT2D eigenvalue weighted by molar-refractivity contribution is 5.36. The van der Waals surface area contributed by atoms with Crippen molar-refractivity contribution in [2.45, 2.75) is 19.0 Å². The van der Waals surface area contributed by atoms with Crippen LogP contribution in [0.1, 0.15) is 23.6 Å². The van der Waals surface area contributed by atoms with Crippen molar-refractivity contribution in [1.29, 1.82) is 0 Å². The molecule has 2 N–H and O–H groups in total. The molecule has 0 saturated heterocycles. The number of nitrogens with two attached hydrogens (primary N) is 1. The SMILES string of the molecule is CN(C)CCCN1Cc2c(F)cc(F)cc2C1CN. The smallest absolute Gasteiger partial charge is 0.130 e. The Labute approximate surface area is 113 Å². The summed E-state index contributed by atoms with van der Waals surface area (Å²) in [5, 5.41) is 0. The molecule has 1 atom stereocenters. The molecule has 1 aliphatic rings. The number of halogens is 2. The zero-order valence-corrected chi connectivity index (χ0v) is 11.5. The molecular formula is C14H21F2N3. The molecule has 3 nitrogen and oxygen atoms in total. The third-order valence-electron chi connectivity index (χ3n) is 3.63. The maximum atomic E-state index is 13.8. The molecule has 0 aliphatic carbocycles. The van der Waals surface area contributed by atoms with Gasteiger partial charge in [0.15, 0.2) is 0 Å². The number of rotatable bonds is 5. The van der Waals surface area contributed by atoms with Crippen molar-refractivity contribution in [3.05, 3.63) is 34.9 Å². The van der Waals surface area contributed by atoms with E-state index in [9.17, 15) is 8.78 Å². The average Bonchev–Trinajstić information content (AvgIpc) is 2.66. The normalized spacial score (nSPS) is 19.2. The Morgan fingerprint density at radius 1 is 1.37 bits per heavy atom. The topological polar surface area (TPSA) is 32.5 Å². The van der Waals surface area contributed by atoms with Gasteiger partial charge < -0.3 is 10.6 Å². The van der Waals surface area contributed by atoms with E-state index in [0.29, 0.717) is 24.2 Å². The summed E-state index contributed by atoms with van der Waals surface area (Å²) in [5.41, 5.74) is 7.09. The first-order valence-corrected chi connectivity index (χ1v) is 6.59. The molecule has 0 amide bonds. The molecule has 0 saturated carbocycles. The molecule has 19 heavy (non-hydrogen) atoms. The number of benzene rings is 1. The minimum Gasteiger partial charge on any atom is -0.329 e. The highest BCUT2D eigenvalue weighted by atomic mass is 19.1. The van der Waals surface area contributed by atoms with E-state index in [1.807, 2.05) is 14.1 Å². The van der Waals surface area contributed by atoms with Crippen molar-refractivity contribution < 1.29 is 8.78 Å². The molecule has 2 rings (SSSR count). The Morgan fingerprint density at radius 2 is 2.11 bits per heavy atom. The van der Waals surface area contributed by atoms with E-state index in [0.717, 1.165) is 25.6 Å². The van der Waals surface area contributed by atoms with Crippen LogP contribution in [0.5, 0.6) is 0 Å². The van der Waals surface area contributed by atoms with E-state index in [4.69, 9.17) is 5.73 Å². The van der Waals surface area contributed by atoms with E-state index in [1.54, 1.807) is 0 Å². The van der Waals surface area contributed by atoms with E-state index in [2.05, 4.69) is 9.80 Å². The lowest BCUT2D eigenvalue weighted by molar-refractivity contribution is 0.207. The molecule has 0 bridgehead atoms. The number of hydrogen-bond donors (Lipinski definition) is 1. The van der Waals surface area contributed by atoms with Crippen molar-refractivity contribution in [2.75, 3.05) is 33.7 Å². The predicted octanol–water partition coefficient (Wildman–Crippen LogP) is 1.73. The number of nitrogens with zero attached hydrogens (tertiary/aromatic N) is 2. The van der Waals surface area contributed by atoms with Crippen LogP contribution >= 0.6 is 0 Å². The van der Waals surface area contributed by atoms with Gasteiger partial charge in [0.1, 0.15) is 11.6 Å². The van der Waals surface area contributed by atoms with Gasteiger partial charge in [0.2, 0.25) is 0 Å². The third kappa shape index (κ3) is 3.11. The van der Waals surface area contributed by atoms with Crippen LogP contribution in [-0.4, -0.2) is 43.5 Å². The molecule has 1 heterocycles. The monoisotopic (exact) mass is 269 g/mol. The van der Waals surface area contributed by atoms with Crippen molar-refractivity contribution in [1.82, 2.24) is 9.80 Å². The fourth-order valence-corrected chi connectivity index (χ4v) is 2.70. The van der Waals surface area contributed by atoms with Crippen molar-refractivity contribution >= 4 is 0 Å². The molecule has 1 aromatic rings. The predicted molar refractivity (Wildman–Crippen MR) is 71.7 cm³/mol. The van der Waals surface area contributed by atoms with Gasteiger partial charge in [0, 0.05) is 37.3 Å². The minimum atomic E-state index is -0.523. The second-order valence-corrected chi connectivity index (χ2v) is 5.33. The molecule has 0 radical (unpaired) electrons. The average molecular weight is 269 g/mol. The van der Waals surface area contributed by atoms with Gasteiger partial charge in [-0.1, -0.05) is 0 Å². The lowest BCUT2D eigenvalue weighted by Gasteiger charge is -2.24. The zero-order valence-electron chi connectivity index (χ0n) is 11.5. The highest BCUT2D eigenvalue weighted by Gasteiger charge is 2.31. The molecule has 0 aromatic heterocycles. The zero-order chi connectivity index (χ0) is 14.0. The van der Waals surface area contributed by atoms with Gasteiger partial charge in [-0.2, -0.15) is 0 Å². The van der Waals surface area contributed by atoms with E-state index in [1.165, 1.54) is 6.07 Å². The largest absolute Gasteiger partial charge is 0.329 e. The van der Waals surface area contributed by atoms with Gasteiger partial charge in [-0.25, -0.2) is 8.78 Å². The summed E-state index contributed by atoms with van der Waals surface area (Å²) < 4.78 is 27.1. The van der Waals surface area contributed by atoms with Crippen molar-refractivity contribution in [3.63, 3.8) is 0 Å². The van der Waals surface area contributed by atoms with Gasteiger partial charge in [-0.3, -0.25) is 4.90 Å². The quantitative estimate of drug-likeness (QED) is 0.883. The summed E-state index contributed by atoms with van der Waals surface area (Å²) in [6.07, 6.45) is 0.988. The first-order valence-electron chi connectivity index (χ1n) is 6.59. The Hall–Kier alpha value is -1.04. The molecule has 1 unspecified atom stereocenters. The minimum absolute atomic E-state index is 0.0673. The standard InChI is InChI=1S/C14H21F2N3/c1-18(2)4-3-5-19-9-12-11(14(19)8-17)6-10(15)7-13(12)16/h6-7,14H,3-5,8-9,17H2,1-2H3. The molecule has 1 aliphatic heterocycles. The van der Waals surface area contributed by atoms with E-state index in [-0.39, 0.29) is 6.04 Å².